The van der Waals surface area contributed by atoms with Crippen LogP contribution in [0.1, 0.15) is 48.7 Å². The Balaban J connectivity index is 1.91. The fraction of sp³-hybridized carbons (Fsp3) is 0.333. The number of hydrogen-bond acceptors (Lipinski definition) is 3. The highest BCUT2D eigenvalue weighted by atomic mass is 32.2. The van der Waals surface area contributed by atoms with Gasteiger partial charge in [0.1, 0.15) is 0 Å². The summed E-state index contributed by atoms with van der Waals surface area (Å²) >= 11 is 0. The highest BCUT2D eigenvalue weighted by Crippen LogP contribution is 2.19. The van der Waals surface area contributed by atoms with E-state index >= 15 is 0 Å². The Labute approximate surface area is 162 Å². The number of carbonyl (C=O) groups excluding carboxylic acids is 1. The van der Waals surface area contributed by atoms with E-state index in [-0.39, 0.29) is 16.2 Å². The molecule has 1 atom stereocenters. The second kappa shape index (κ2) is 8.95. The van der Waals surface area contributed by atoms with Crippen LogP contribution in [-0.2, 0) is 27.8 Å². The molecule has 0 aromatic heterocycles. The Bertz CT molecular complexity index is 838. The van der Waals surface area contributed by atoms with Crippen LogP contribution in [0.3, 0.4) is 0 Å². The van der Waals surface area contributed by atoms with Crippen LogP contribution < -0.4 is 5.32 Å². The van der Waals surface area contributed by atoms with Crippen molar-refractivity contribution in [1.82, 2.24) is 0 Å². The molecule has 0 saturated heterocycles. The average Bonchev–Trinajstić information content (AvgIpc) is 2.60. The first kappa shape index (κ1) is 20.8. The molecular weight excluding hydrogens is 362 g/mol. The van der Waals surface area contributed by atoms with Crippen molar-refractivity contribution < 1.29 is 18.9 Å². The molecule has 1 unspecified atom stereocenters. The van der Waals surface area contributed by atoms with Crippen molar-refractivity contribution in [2.24, 2.45) is 0 Å². The number of aromatic carboxylic acids is 1. The van der Waals surface area contributed by atoms with Crippen LogP contribution in [0, 0.1) is 0 Å². The average molecular weight is 388 g/mol. The Morgan fingerprint density at radius 3 is 2.30 bits per heavy atom. The molecule has 2 rings (SSSR count). The molecule has 2 aromatic carbocycles. The van der Waals surface area contributed by atoms with Gasteiger partial charge in [0, 0.05) is 33.4 Å². The van der Waals surface area contributed by atoms with Gasteiger partial charge in [0.15, 0.2) is 0 Å². The summed E-state index contributed by atoms with van der Waals surface area (Å²) in [5, 5.41) is 11.8. The molecule has 27 heavy (non-hydrogen) atoms. The Hall–Kier alpha value is -2.47. The van der Waals surface area contributed by atoms with Crippen molar-refractivity contribution in [2.75, 3.05) is 5.32 Å². The SMILES string of the molecule is CC(C)(C)S(=O)Cc1cccc(NC(=O)CCc2ccc(C(=O)O)cc2)c1. The molecule has 0 spiro atoms. The van der Waals surface area contributed by atoms with E-state index in [9.17, 15) is 13.8 Å². The first-order chi connectivity index (χ1) is 12.6. The van der Waals surface area contributed by atoms with E-state index < -0.39 is 16.8 Å². The maximum Gasteiger partial charge on any atom is 0.335 e. The van der Waals surface area contributed by atoms with Crippen LogP contribution in [0.25, 0.3) is 0 Å². The molecule has 6 heteroatoms. The minimum absolute atomic E-state index is 0.119. The van der Waals surface area contributed by atoms with E-state index in [1.807, 2.05) is 45.0 Å². The number of carboxylic acids is 1. The number of carbonyl (C=O) groups is 2. The minimum Gasteiger partial charge on any atom is -0.478 e. The summed E-state index contributed by atoms with van der Waals surface area (Å²) in [6.07, 6.45) is 0.823. The molecule has 2 N–H and O–H groups in total. The van der Waals surface area contributed by atoms with Crippen LogP contribution in [0.2, 0.25) is 0 Å². The first-order valence-electron chi connectivity index (χ1n) is 8.74. The Kier molecular flexibility index (Phi) is 6.91. The molecule has 0 aliphatic heterocycles. The standard InChI is InChI=1S/C21H25NO4S/c1-21(2,3)27(26)14-16-5-4-6-18(13-16)22-19(23)12-9-15-7-10-17(11-8-15)20(24)25/h4-8,10-11,13H,9,12,14H2,1-3H3,(H,22,23)(H,24,25). The minimum atomic E-state index is -0.997. The quantitative estimate of drug-likeness (QED) is 0.752. The van der Waals surface area contributed by atoms with Crippen LogP contribution in [-0.4, -0.2) is 25.9 Å². The van der Waals surface area contributed by atoms with Gasteiger partial charge in [-0.2, -0.15) is 0 Å². The van der Waals surface area contributed by atoms with E-state index in [4.69, 9.17) is 5.11 Å². The lowest BCUT2D eigenvalue weighted by Gasteiger charge is -2.18. The van der Waals surface area contributed by atoms with Crippen LogP contribution in [0.4, 0.5) is 5.69 Å². The number of aryl methyl sites for hydroxylation is 1. The summed E-state index contributed by atoms with van der Waals surface area (Å²) in [5.41, 5.74) is 2.74. The third-order valence-corrected chi connectivity index (χ3v) is 5.99. The van der Waals surface area contributed by atoms with Gasteiger partial charge in [-0.05, 0) is 62.6 Å². The second-order valence-corrected chi connectivity index (χ2v) is 9.56. The van der Waals surface area contributed by atoms with E-state index in [1.54, 1.807) is 12.1 Å². The highest BCUT2D eigenvalue weighted by molar-refractivity contribution is 7.85. The maximum atomic E-state index is 12.3. The largest absolute Gasteiger partial charge is 0.478 e. The lowest BCUT2D eigenvalue weighted by Crippen LogP contribution is -2.23. The molecule has 144 valence electrons. The number of rotatable bonds is 7. The number of anilines is 1. The third-order valence-electron chi connectivity index (χ3n) is 4.03. The summed E-state index contributed by atoms with van der Waals surface area (Å²) in [5.74, 6) is -0.638. The molecule has 0 aliphatic rings. The number of benzene rings is 2. The fourth-order valence-corrected chi connectivity index (χ4v) is 3.32. The van der Waals surface area contributed by atoms with Crippen LogP contribution in [0.5, 0.6) is 0 Å². The van der Waals surface area contributed by atoms with Gasteiger partial charge in [-0.25, -0.2) is 4.79 Å². The van der Waals surface area contributed by atoms with Crippen molar-refractivity contribution in [3.05, 3.63) is 65.2 Å². The zero-order chi connectivity index (χ0) is 20.0. The Morgan fingerprint density at radius 1 is 1.04 bits per heavy atom. The van der Waals surface area contributed by atoms with E-state index in [2.05, 4.69) is 5.32 Å². The van der Waals surface area contributed by atoms with Gasteiger partial charge in [0.2, 0.25) is 5.91 Å². The van der Waals surface area contributed by atoms with Gasteiger partial charge in [0.25, 0.3) is 0 Å². The Morgan fingerprint density at radius 2 is 1.70 bits per heavy atom. The van der Waals surface area contributed by atoms with Crippen molar-refractivity contribution in [3.63, 3.8) is 0 Å². The zero-order valence-electron chi connectivity index (χ0n) is 15.8. The van der Waals surface area contributed by atoms with Gasteiger partial charge in [0.05, 0.1) is 5.56 Å². The number of hydrogen-bond donors (Lipinski definition) is 2. The topological polar surface area (TPSA) is 83.5 Å². The zero-order valence-corrected chi connectivity index (χ0v) is 16.6. The smallest absolute Gasteiger partial charge is 0.335 e. The molecule has 5 nitrogen and oxygen atoms in total. The lowest BCUT2D eigenvalue weighted by molar-refractivity contribution is -0.116. The summed E-state index contributed by atoms with van der Waals surface area (Å²) < 4.78 is 12.0. The maximum absolute atomic E-state index is 12.3. The molecule has 1 amide bonds. The predicted octanol–water partition coefficient (Wildman–Crippen LogP) is 4.00. The molecule has 2 aromatic rings. The molecule has 0 saturated carbocycles. The highest BCUT2D eigenvalue weighted by Gasteiger charge is 2.19. The van der Waals surface area contributed by atoms with E-state index in [0.717, 1.165) is 11.1 Å². The van der Waals surface area contributed by atoms with Gasteiger partial charge < -0.3 is 10.4 Å². The molecule has 0 fully saturated rings. The normalized spacial score (nSPS) is 12.4. The lowest BCUT2D eigenvalue weighted by atomic mass is 10.1. The predicted molar refractivity (Wildman–Crippen MR) is 108 cm³/mol. The molecule has 0 heterocycles. The summed E-state index contributed by atoms with van der Waals surface area (Å²) in [4.78, 5) is 23.0. The summed E-state index contributed by atoms with van der Waals surface area (Å²) in [6.45, 7) is 5.83. The molecule has 0 radical (unpaired) electrons. The van der Waals surface area contributed by atoms with E-state index in [0.29, 0.717) is 24.3 Å². The first-order valence-corrected chi connectivity index (χ1v) is 10.1. The molecule has 0 bridgehead atoms. The second-order valence-electron chi connectivity index (χ2n) is 7.35. The van der Waals surface area contributed by atoms with Crippen molar-refractivity contribution in [2.45, 2.75) is 44.1 Å². The third kappa shape index (κ3) is 6.64. The summed E-state index contributed by atoms with van der Waals surface area (Å²) in [6, 6.07) is 13.9. The van der Waals surface area contributed by atoms with Crippen LogP contribution in [0.15, 0.2) is 48.5 Å². The van der Waals surface area contributed by atoms with Crippen molar-refractivity contribution in [1.29, 1.82) is 0 Å². The van der Waals surface area contributed by atoms with Crippen LogP contribution >= 0.6 is 0 Å². The van der Waals surface area contributed by atoms with Crippen molar-refractivity contribution >= 4 is 28.4 Å². The monoisotopic (exact) mass is 387 g/mol. The van der Waals surface area contributed by atoms with Gasteiger partial charge in [-0.1, -0.05) is 24.3 Å². The van der Waals surface area contributed by atoms with Crippen molar-refractivity contribution in [3.8, 4) is 0 Å². The molecule has 0 aliphatic carbocycles. The fourth-order valence-electron chi connectivity index (χ4n) is 2.40. The van der Waals surface area contributed by atoms with E-state index in [1.165, 1.54) is 12.1 Å². The summed E-state index contributed by atoms with van der Waals surface area (Å²) in [7, 11) is -0.997. The molecular formula is C21H25NO4S. The number of carboxylic acid groups (broad SMARTS) is 1. The number of amides is 1. The van der Waals surface area contributed by atoms with Gasteiger partial charge in [-0.3, -0.25) is 9.00 Å². The van der Waals surface area contributed by atoms with Gasteiger partial charge >= 0.3 is 5.97 Å². The van der Waals surface area contributed by atoms with Gasteiger partial charge in [-0.15, -0.1) is 0 Å². The number of nitrogens with one attached hydrogen (secondary N) is 1.